The molecule has 0 aliphatic heterocycles. The number of hydrogen-bond acceptors (Lipinski definition) is 4. The minimum Gasteiger partial charge on any atom is -0.497 e. The van der Waals surface area contributed by atoms with E-state index in [4.69, 9.17) is 9.15 Å². The van der Waals surface area contributed by atoms with E-state index in [9.17, 15) is 4.79 Å². The van der Waals surface area contributed by atoms with Crippen molar-refractivity contribution in [2.24, 2.45) is 0 Å². The molecule has 27 heavy (non-hydrogen) atoms. The number of ether oxygens (including phenoxy) is 1. The number of fused-ring (bicyclic) bond motifs is 1. The molecule has 1 amide bonds. The lowest BCUT2D eigenvalue weighted by molar-refractivity contribution is 0.102. The molecule has 1 N–H and O–H groups in total. The van der Waals surface area contributed by atoms with Crippen LogP contribution in [-0.2, 0) is 0 Å². The number of nitrogens with one attached hydrogen (secondary N) is 1. The van der Waals surface area contributed by atoms with Gasteiger partial charge in [0.2, 0.25) is 5.89 Å². The molecule has 0 aliphatic rings. The molecule has 5 nitrogen and oxygen atoms in total. The number of aryl methyl sites for hydroxylation is 1. The highest BCUT2D eigenvalue weighted by molar-refractivity contribution is 6.04. The summed E-state index contributed by atoms with van der Waals surface area (Å²) >= 11 is 0. The maximum atomic E-state index is 12.4. The number of rotatable bonds is 4. The summed E-state index contributed by atoms with van der Waals surface area (Å²) in [5.41, 5.74) is 4.70. The van der Waals surface area contributed by atoms with Crippen LogP contribution >= 0.6 is 0 Å². The third-order valence-electron chi connectivity index (χ3n) is 4.26. The van der Waals surface area contributed by atoms with Gasteiger partial charge in [-0.1, -0.05) is 12.1 Å². The van der Waals surface area contributed by atoms with Gasteiger partial charge in [0.05, 0.1) is 7.11 Å². The summed E-state index contributed by atoms with van der Waals surface area (Å²) in [5, 5.41) is 2.90. The molecular weight excluding hydrogens is 340 g/mol. The third kappa shape index (κ3) is 3.53. The molecule has 5 heteroatoms. The van der Waals surface area contributed by atoms with Gasteiger partial charge in [-0.2, -0.15) is 0 Å². The number of carbonyl (C=O) groups is 1. The molecule has 0 radical (unpaired) electrons. The van der Waals surface area contributed by atoms with Crippen LogP contribution in [0.3, 0.4) is 0 Å². The zero-order valence-electron chi connectivity index (χ0n) is 15.0. The number of methoxy groups -OCH3 is 1. The molecular formula is C22H18N2O3. The van der Waals surface area contributed by atoms with Crippen molar-refractivity contribution in [3.63, 3.8) is 0 Å². The third-order valence-corrected chi connectivity index (χ3v) is 4.26. The van der Waals surface area contributed by atoms with Gasteiger partial charge in [-0.3, -0.25) is 4.79 Å². The number of carbonyl (C=O) groups excluding carboxylic acids is 1. The van der Waals surface area contributed by atoms with E-state index >= 15 is 0 Å². The van der Waals surface area contributed by atoms with E-state index < -0.39 is 0 Å². The summed E-state index contributed by atoms with van der Waals surface area (Å²) in [6, 6.07) is 20.3. The van der Waals surface area contributed by atoms with E-state index in [1.165, 1.54) is 0 Å². The largest absolute Gasteiger partial charge is 0.497 e. The molecule has 4 aromatic rings. The Morgan fingerprint density at radius 2 is 1.85 bits per heavy atom. The zero-order chi connectivity index (χ0) is 18.8. The Bertz CT molecular complexity index is 1110. The van der Waals surface area contributed by atoms with Crippen molar-refractivity contribution in [2.45, 2.75) is 6.92 Å². The summed E-state index contributed by atoms with van der Waals surface area (Å²) in [5.74, 6) is 1.04. The van der Waals surface area contributed by atoms with Gasteiger partial charge >= 0.3 is 0 Å². The van der Waals surface area contributed by atoms with Gasteiger partial charge in [0.1, 0.15) is 11.3 Å². The van der Waals surface area contributed by atoms with Gasteiger partial charge in [0.15, 0.2) is 5.58 Å². The molecule has 0 bridgehead atoms. The monoisotopic (exact) mass is 358 g/mol. The summed E-state index contributed by atoms with van der Waals surface area (Å²) in [6.07, 6.45) is 0. The molecule has 1 aromatic heterocycles. The Kier molecular flexibility index (Phi) is 4.34. The second-order valence-electron chi connectivity index (χ2n) is 6.25. The maximum Gasteiger partial charge on any atom is 0.255 e. The Balaban J connectivity index is 1.58. The predicted molar refractivity (Wildman–Crippen MR) is 105 cm³/mol. The van der Waals surface area contributed by atoms with E-state index in [1.54, 1.807) is 31.4 Å². The average Bonchev–Trinajstić information content (AvgIpc) is 3.11. The van der Waals surface area contributed by atoms with Crippen LogP contribution < -0.4 is 10.1 Å². The lowest BCUT2D eigenvalue weighted by Crippen LogP contribution is -2.11. The second kappa shape index (κ2) is 6.96. The molecule has 0 aliphatic carbocycles. The molecule has 0 unspecified atom stereocenters. The molecule has 0 saturated carbocycles. The lowest BCUT2D eigenvalue weighted by Gasteiger charge is -2.07. The number of oxazole rings is 1. The lowest BCUT2D eigenvalue weighted by atomic mass is 10.1. The first-order valence-corrected chi connectivity index (χ1v) is 8.55. The van der Waals surface area contributed by atoms with Gasteiger partial charge in [-0.25, -0.2) is 4.98 Å². The summed E-state index contributed by atoms with van der Waals surface area (Å²) in [7, 11) is 1.59. The van der Waals surface area contributed by atoms with Gasteiger partial charge in [0, 0.05) is 16.8 Å². The van der Waals surface area contributed by atoms with Crippen molar-refractivity contribution < 1.29 is 13.9 Å². The van der Waals surface area contributed by atoms with Gasteiger partial charge in [-0.05, 0) is 67.1 Å². The highest BCUT2D eigenvalue weighted by atomic mass is 16.5. The molecule has 1 heterocycles. The maximum absolute atomic E-state index is 12.4. The molecule has 134 valence electrons. The minimum absolute atomic E-state index is 0.192. The summed E-state index contributed by atoms with van der Waals surface area (Å²) < 4.78 is 11.0. The van der Waals surface area contributed by atoms with Crippen molar-refractivity contribution in [2.75, 3.05) is 12.4 Å². The SMILES string of the molecule is COc1ccc(C(=O)Nc2cccc(-c3nc4ccc(C)cc4o3)c2)cc1. The number of hydrogen-bond donors (Lipinski definition) is 1. The Hall–Kier alpha value is -3.60. The zero-order valence-corrected chi connectivity index (χ0v) is 15.0. The fraction of sp³-hybridized carbons (Fsp3) is 0.0909. The van der Waals surface area contributed by atoms with Gasteiger partial charge in [-0.15, -0.1) is 0 Å². The van der Waals surface area contributed by atoms with E-state index in [0.717, 1.165) is 22.2 Å². The van der Waals surface area contributed by atoms with Crippen molar-refractivity contribution in [3.05, 3.63) is 77.9 Å². The molecule has 3 aromatic carbocycles. The minimum atomic E-state index is -0.192. The van der Waals surface area contributed by atoms with Crippen LogP contribution in [-0.4, -0.2) is 18.0 Å². The molecule has 0 fully saturated rings. The van der Waals surface area contributed by atoms with Gasteiger partial charge < -0.3 is 14.5 Å². The smallest absolute Gasteiger partial charge is 0.255 e. The van der Waals surface area contributed by atoms with E-state index in [-0.39, 0.29) is 5.91 Å². The van der Waals surface area contributed by atoms with Gasteiger partial charge in [0.25, 0.3) is 5.91 Å². The van der Waals surface area contributed by atoms with Crippen LogP contribution in [0.4, 0.5) is 5.69 Å². The normalized spacial score (nSPS) is 10.7. The summed E-state index contributed by atoms with van der Waals surface area (Å²) in [4.78, 5) is 17.0. The molecule has 4 rings (SSSR count). The number of anilines is 1. The highest BCUT2D eigenvalue weighted by Crippen LogP contribution is 2.27. The van der Waals surface area contributed by atoms with Crippen LogP contribution in [0.5, 0.6) is 5.75 Å². The van der Waals surface area contributed by atoms with Crippen molar-refractivity contribution in [3.8, 4) is 17.2 Å². The van der Waals surface area contributed by atoms with E-state index in [0.29, 0.717) is 22.9 Å². The van der Waals surface area contributed by atoms with Crippen LogP contribution in [0.2, 0.25) is 0 Å². The molecule has 0 atom stereocenters. The first-order valence-electron chi connectivity index (χ1n) is 8.55. The van der Waals surface area contributed by atoms with Crippen LogP contribution in [0, 0.1) is 6.92 Å². The Morgan fingerprint density at radius 3 is 2.63 bits per heavy atom. The number of benzene rings is 3. The molecule has 0 saturated heterocycles. The first kappa shape index (κ1) is 16.8. The van der Waals surface area contributed by atoms with Crippen molar-refractivity contribution >= 4 is 22.7 Å². The van der Waals surface area contributed by atoms with Crippen LogP contribution in [0.15, 0.2) is 71.1 Å². The highest BCUT2D eigenvalue weighted by Gasteiger charge is 2.11. The summed E-state index contributed by atoms with van der Waals surface area (Å²) in [6.45, 7) is 2.01. The fourth-order valence-electron chi connectivity index (χ4n) is 2.83. The van der Waals surface area contributed by atoms with Crippen molar-refractivity contribution in [1.82, 2.24) is 4.98 Å². The van der Waals surface area contributed by atoms with Crippen LogP contribution in [0.1, 0.15) is 15.9 Å². The van der Waals surface area contributed by atoms with Crippen LogP contribution in [0.25, 0.3) is 22.6 Å². The average molecular weight is 358 g/mol. The predicted octanol–water partition coefficient (Wildman–Crippen LogP) is 5.06. The van der Waals surface area contributed by atoms with Crippen molar-refractivity contribution in [1.29, 1.82) is 0 Å². The quantitative estimate of drug-likeness (QED) is 0.553. The fourth-order valence-corrected chi connectivity index (χ4v) is 2.83. The number of aromatic nitrogens is 1. The van der Waals surface area contributed by atoms with E-state index in [1.807, 2.05) is 49.4 Å². The second-order valence-corrected chi connectivity index (χ2v) is 6.25. The van der Waals surface area contributed by atoms with E-state index in [2.05, 4.69) is 10.3 Å². The Morgan fingerprint density at radius 1 is 1.04 bits per heavy atom. The Labute approximate surface area is 156 Å². The topological polar surface area (TPSA) is 64.4 Å². The standard InChI is InChI=1S/C22H18N2O3/c1-14-6-11-19-20(12-14)27-22(24-19)16-4-3-5-17(13-16)23-21(25)15-7-9-18(26-2)10-8-15/h3-13H,1-2H3,(H,23,25). The molecule has 0 spiro atoms. The first-order chi connectivity index (χ1) is 13.1. The number of nitrogens with zero attached hydrogens (tertiary/aromatic N) is 1. The number of amides is 1.